The fourth-order valence-electron chi connectivity index (χ4n) is 4.52. The lowest BCUT2D eigenvalue weighted by molar-refractivity contribution is -0.131. The molecule has 2 aromatic carbocycles. The topological polar surface area (TPSA) is 79.6 Å². The van der Waals surface area contributed by atoms with Crippen molar-refractivity contribution in [2.24, 2.45) is 0 Å². The largest absolute Gasteiger partial charge is 0.423 e. The first kappa shape index (κ1) is 18.6. The first-order valence-corrected chi connectivity index (χ1v) is 10.1. The Kier molecular flexibility index (Phi) is 4.07. The van der Waals surface area contributed by atoms with Crippen LogP contribution >= 0.6 is 0 Å². The van der Waals surface area contributed by atoms with E-state index in [1.807, 2.05) is 43.3 Å². The molecular weight excluding hydrogens is 380 g/mol. The van der Waals surface area contributed by atoms with E-state index in [4.69, 9.17) is 4.42 Å². The molecule has 5 rings (SSSR count). The molecule has 0 saturated carbocycles. The number of carbonyl (C=O) groups excluding carboxylic acids is 2. The second-order valence-electron chi connectivity index (χ2n) is 8.37. The Labute approximate surface area is 173 Å². The molecule has 2 aliphatic rings. The highest BCUT2D eigenvalue weighted by molar-refractivity contribution is 6.07. The van der Waals surface area contributed by atoms with E-state index in [1.54, 1.807) is 6.92 Å². The first-order chi connectivity index (χ1) is 14.3. The van der Waals surface area contributed by atoms with Crippen molar-refractivity contribution in [2.45, 2.75) is 45.2 Å². The highest BCUT2D eigenvalue weighted by Gasteiger charge is 2.49. The second kappa shape index (κ2) is 6.55. The van der Waals surface area contributed by atoms with Crippen LogP contribution in [0, 0.1) is 6.92 Å². The maximum absolute atomic E-state index is 13.3. The van der Waals surface area contributed by atoms with Crippen molar-refractivity contribution in [2.75, 3.05) is 0 Å². The highest BCUT2D eigenvalue weighted by atomic mass is 16.4. The average molecular weight is 402 g/mol. The van der Waals surface area contributed by atoms with Crippen molar-refractivity contribution in [3.8, 4) is 0 Å². The summed E-state index contributed by atoms with van der Waals surface area (Å²) in [5.74, 6) is -0.334. The Hall–Kier alpha value is -3.41. The minimum Gasteiger partial charge on any atom is -0.423 e. The summed E-state index contributed by atoms with van der Waals surface area (Å²) in [6.07, 6.45) is 3.03. The van der Waals surface area contributed by atoms with Crippen LogP contribution in [0.2, 0.25) is 0 Å². The summed E-state index contributed by atoms with van der Waals surface area (Å²) < 4.78 is 5.41. The highest BCUT2D eigenvalue weighted by Crippen LogP contribution is 2.32. The van der Waals surface area contributed by atoms with Gasteiger partial charge in [-0.3, -0.25) is 9.69 Å². The van der Waals surface area contributed by atoms with Crippen molar-refractivity contribution < 1.29 is 14.0 Å². The van der Waals surface area contributed by atoms with Crippen molar-refractivity contribution in [1.82, 2.24) is 10.2 Å². The molecule has 0 radical (unpaired) electrons. The number of aryl methyl sites for hydroxylation is 3. The number of benzene rings is 2. The van der Waals surface area contributed by atoms with E-state index in [1.165, 1.54) is 22.1 Å². The van der Waals surface area contributed by atoms with Gasteiger partial charge in [-0.15, -0.1) is 0 Å². The molecule has 1 aromatic heterocycles. The number of hydrogen-bond donors (Lipinski definition) is 1. The zero-order valence-corrected chi connectivity index (χ0v) is 17.0. The minimum absolute atomic E-state index is 0.0208. The van der Waals surface area contributed by atoms with E-state index in [-0.39, 0.29) is 12.5 Å². The normalized spacial score (nSPS) is 20.7. The summed E-state index contributed by atoms with van der Waals surface area (Å²) in [4.78, 5) is 39.4. The summed E-state index contributed by atoms with van der Waals surface area (Å²) in [5.41, 5.74) is 3.74. The molecule has 0 spiro atoms. The lowest BCUT2D eigenvalue weighted by atomic mass is 9.91. The van der Waals surface area contributed by atoms with Gasteiger partial charge in [-0.25, -0.2) is 9.59 Å². The van der Waals surface area contributed by atoms with Crippen molar-refractivity contribution in [3.63, 3.8) is 0 Å². The molecule has 1 N–H and O–H groups in total. The van der Waals surface area contributed by atoms with E-state index in [0.717, 1.165) is 35.8 Å². The van der Waals surface area contributed by atoms with E-state index >= 15 is 0 Å². The van der Waals surface area contributed by atoms with Gasteiger partial charge in [-0.2, -0.15) is 0 Å². The van der Waals surface area contributed by atoms with Crippen molar-refractivity contribution in [3.05, 3.63) is 80.7 Å². The molecular formula is C24H22N2O4. The van der Waals surface area contributed by atoms with Crippen LogP contribution in [0.25, 0.3) is 11.0 Å². The maximum Gasteiger partial charge on any atom is 0.336 e. The summed E-state index contributed by atoms with van der Waals surface area (Å²) in [7, 11) is 0. The van der Waals surface area contributed by atoms with Gasteiger partial charge < -0.3 is 9.73 Å². The van der Waals surface area contributed by atoms with Crippen molar-refractivity contribution in [1.29, 1.82) is 0 Å². The predicted molar refractivity (Wildman–Crippen MR) is 112 cm³/mol. The van der Waals surface area contributed by atoms with Crippen LogP contribution < -0.4 is 10.9 Å². The molecule has 2 heterocycles. The van der Waals surface area contributed by atoms with Gasteiger partial charge in [-0.05, 0) is 67.5 Å². The fourth-order valence-corrected chi connectivity index (χ4v) is 4.52. The van der Waals surface area contributed by atoms with E-state index in [2.05, 4.69) is 5.32 Å². The van der Waals surface area contributed by atoms with Crippen LogP contribution in [0.4, 0.5) is 4.79 Å². The molecule has 0 unspecified atom stereocenters. The fraction of sp³-hybridized carbons (Fsp3) is 0.292. The van der Waals surface area contributed by atoms with Gasteiger partial charge in [0.25, 0.3) is 5.91 Å². The third-order valence-corrected chi connectivity index (χ3v) is 6.27. The summed E-state index contributed by atoms with van der Waals surface area (Å²) in [6.45, 7) is 3.70. The summed E-state index contributed by atoms with van der Waals surface area (Å²) in [5, 5.41) is 3.60. The van der Waals surface area contributed by atoms with Crippen LogP contribution in [0.1, 0.15) is 41.2 Å². The maximum atomic E-state index is 13.3. The van der Waals surface area contributed by atoms with Gasteiger partial charge >= 0.3 is 11.7 Å². The molecule has 1 aliphatic heterocycles. The van der Waals surface area contributed by atoms with Gasteiger partial charge in [0.15, 0.2) is 0 Å². The van der Waals surface area contributed by atoms with E-state index in [9.17, 15) is 14.4 Å². The monoisotopic (exact) mass is 402 g/mol. The van der Waals surface area contributed by atoms with Crippen LogP contribution in [0.3, 0.4) is 0 Å². The Balaban J connectivity index is 1.54. The Morgan fingerprint density at radius 1 is 1.03 bits per heavy atom. The van der Waals surface area contributed by atoms with Gasteiger partial charge in [0.1, 0.15) is 11.1 Å². The molecule has 1 aliphatic carbocycles. The summed E-state index contributed by atoms with van der Waals surface area (Å²) in [6, 6.07) is 12.4. The lowest BCUT2D eigenvalue weighted by Gasteiger charge is -2.22. The standard InChI is InChI=1S/C24H22N2O4/c1-14-6-8-18(9-7-14)24(2)22(28)26(23(29)25-24)13-17-12-21(27)30-20-11-16-5-3-4-15(16)10-19(17)20/h6-12H,3-5,13H2,1-2H3,(H,25,29)/t24-/m0/s1. The quantitative estimate of drug-likeness (QED) is 0.537. The number of nitrogens with one attached hydrogen (secondary N) is 1. The predicted octanol–water partition coefficient (Wildman–Crippen LogP) is 3.56. The second-order valence-corrected chi connectivity index (χ2v) is 8.37. The molecule has 1 fully saturated rings. The molecule has 0 bridgehead atoms. The average Bonchev–Trinajstić information content (AvgIpc) is 3.25. The number of carbonyl (C=O) groups is 2. The van der Waals surface area contributed by atoms with Crippen molar-refractivity contribution >= 4 is 22.9 Å². The lowest BCUT2D eigenvalue weighted by Crippen LogP contribution is -2.40. The third kappa shape index (κ3) is 2.83. The molecule has 1 atom stereocenters. The van der Waals surface area contributed by atoms with Crippen LogP contribution in [-0.2, 0) is 29.7 Å². The van der Waals surface area contributed by atoms with E-state index in [0.29, 0.717) is 11.1 Å². The summed E-state index contributed by atoms with van der Waals surface area (Å²) >= 11 is 0. The molecule has 6 nitrogen and oxygen atoms in total. The zero-order valence-electron chi connectivity index (χ0n) is 17.0. The number of nitrogens with zero attached hydrogens (tertiary/aromatic N) is 1. The molecule has 6 heteroatoms. The smallest absolute Gasteiger partial charge is 0.336 e. The number of fused-ring (bicyclic) bond motifs is 2. The van der Waals surface area contributed by atoms with Gasteiger partial charge in [0, 0.05) is 11.5 Å². The Morgan fingerprint density at radius 2 is 1.73 bits per heavy atom. The molecule has 1 saturated heterocycles. The minimum atomic E-state index is -1.14. The molecule has 152 valence electrons. The van der Waals surface area contributed by atoms with Crippen LogP contribution in [-0.4, -0.2) is 16.8 Å². The Morgan fingerprint density at radius 3 is 2.47 bits per heavy atom. The number of urea groups is 1. The number of rotatable bonds is 3. The molecule has 30 heavy (non-hydrogen) atoms. The van der Waals surface area contributed by atoms with Crippen LogP contribution in [0.15, 0.2) is 51.7 Å². The van der Waals surface area contributed by atoms with E-state index < -0.39 is 17.2 Å². The molecule has 3 aromatic rings. The SMILES string of the molecule is Cc1ccc([C@]2(C)NC(=O)N(Cc3cc(=O)oc4cc5c(cc34)CCC5)C2=O)cc1. The zero-order chi connectivity index (χ0) is 21.0. The number of imide groups is 1. The third-order valence-electron chi connectivity index (χ3n) is 6.27. The van der Waals surface area contributed by atoms with Gasteiger partial charge in [0.2, 0.25) is 0 Å². The number of amides is 3. The number of hydrogen-bond acceptors (Lipinski definition) is 4. The van der Waals surface area contributed by atoms with Gasteiger partial charge in [0.05, 0.1) is 6.54 Å². The first-order valence-electron chi connectivity index (χ1n) is 10.1. The van der Waals surface area contributed by atoms with Crippen LogP contribution in [0.5, 0.6) is 0 Å². The molecule has 3 amide bonds. The Bertz CT molecular complexity index is 1260. The van der Waals surface area contributed by atoms with Gasteiger partial charge in [-0.1, -0.05) is 29.8 Å².